The number of aryl methyl sites for hydroxylation is 1. The van der Waals surface area contributed by atoms with Crippen molar-refractivity contribution >= 4 is 24.3 Å². The van der Waals surface area contributed by atoms with Gasteiger partial charge in [-0.05, 0) is 32.8 Å². The van der Waals surface area contributed by atoms with Crippen molar-refractivity contribution in [1.29, 1.82) is 0 Å². The number of hydrogen-bond acceptors (Lipinski definition) is 6. The van der Waals surface area contributed by atoms with Crippen LogP contribution >= 0.6 is 6.89 Å². The molecule has 138 valence electrons. The summed E-state index contributed by atoms with van der Waals surface area (Å²) in [6.07, 6.45) is 3.66. The summed E-state index contributed by atoms with van der Waals surface area (Å²) in [5.74, 6) is 0.535. The molecule has 2 N–H and O–H groups in total. The van der Waals surface area contributed by atoms with Crippen LogP contribution in [0.2, 0.25) is 0 Å². The minimum Gasteiger partial charge on any atom is -0.388 e. The zero-order chi connectivity index (χ0) is 18.5. The molecule has 0 amide bonds. The average molecular weight is 368 g/mol. The van der Waals surface area contributed by atoms with Crippen molar-refractivity contribution in [3.05, 3.63) is 22.5 Å². The molecule has 1 fully saturated rings. The van der Waals surface area contributed by atoms with Gasteiger partial charge in [-0.2, -0.15) is 0 Å². The number of aromatic nitrogens is 4. The molecular formula is C16H25N4O4P. The van der Waals surface area contributed by atoms with Crippen LogP contribution in [-0.4, -0.2) is 73.4 Å². The molecule has 25 heavy (non-hydrogen) atoms. The Hall–Kier alpha value is -1.47. The molecule has 9 heteroatoms. The van der Waals surface area contributed by atoms with E-state index in [2.05, 4.69) is 29.6 Å². The predicted molar refractivity (Wildman–Crippen MR) is 98.8 cm³/mol. The summed E-state index contributed by atoms with van der Waals surface area (Å²) in [5, 5.41) is 20.8. The first-order valence-corrected chi connectivity index (χ1v) is 11.2. The largest absolute Gasteiger partial charge is 0.388 e. The number of hydrogen-bond donors (Lipinski definition) is 2. The Morgan fingerprint density at radius 1 is 1.36 bits per heavy atom. The average Bonchev–Trinajstić information content (AvgIpc) is 3.05. The van der Waals surface area contributed by atoms with Gasteiger partial charge in [0.05, 0.1) is 12.4 Å². The zero-order valence-corrected chi connectivity index (χ0v) is 15.8. The summed E-state index contributed by atoms with van der Waals surface area (Å²) in [6.45, 7) is 4.71. The third-order valence-electron chi connectivity index (χ3n) is 4.66. The second kappa shape index (κ2) is 6.36. The maximum absolute atomic E-state index is 12.3. The molecule has 0 bridgehead atoms. The quantitative estimate of drug-likeness (QED) is 0.746. The van der Waals surface area contributed by atoms with E-state index in [0.717, 1.165) is 6.16 Å². The van der Waals surface area contributed by atoms with Crippen LogP contribution < -0.4 is 5.56 Å². The van der Waals surface area contributed by atoms with Gasteiger partial charge in [0.1, 0.15) is 18.0 Å². The number of imidazole rings is 1. The van der Waals surface area contributed by atoms with E-state index in [1.165, 1.54) is 15.5 Å². The second-order valence-corrected chi connectivity index (χ2v) is 11.7. The Balaban J connectivity index is 1.93. The Labute approximate surface area is 146 Å². The fourth-order valence-corrected chi connectivity index (χ4v) is 3.96. The first kappa shape index (κ1) is 18.3. The van der Waals surface area contributed by atoms with Crippen molar-refractivity contribution < 1.29 is 14.9 Å². The maximum atomic E-state index is 12.3. The van der Waals surface area contributed by atoms with Gasteiger partial charge in [0, 0.05) is 7.05 Å². The number of aliphatic hydroxyl groups excluding tert-OH is 2. The molecule has 1 aliphatic rings. The summed E-state index contributed by atoms with van der Waals surface area (Å²) in [7, 11) is 1.63. The topological polar surface area (TPSA) is 102 Å². The van der Waals surface area contributed by atoms with Gasteiger partial charge in [0.15, 0.2) is 17.4 Å². The van der Waals surface area contributed by atoms with Crippen molar-refractivity contribution in [1.82, 2.24) is 19.1 Å². The van der Waals surface area contributed by atoms with Crippen molar-refractivity contribution in [3.63, 3.8) is 0 Å². The van der Waals surface area contributed by atoms with Crippen molar-refractivity contribution in [2.75, 3.05) is 19.5 Å². The molecule has 1 aliphatic heterocycles. The van der Waals surface area contributed by atoms with E-state index < -0.39 is 31.4 Å². The second-order valence-electron chi connectivity index (χ2n) is 7.34. The molecular weight excluding hydrogens is 343 g/mol. The van der Waals surface area contributed by atoms with E-state index >= 15 is 0 Å². The third-order valence-corrected chi connectivity index (χ3v) is 6.13. The molecule has 2 aromatic rings. The lowest BCUT2D eigenvalue weighted by atomic mass is 10.1. The van der Waals surface area contributed by atoms with E-state index in [-0.39, 0.29) is 11.1 Å². The van der Waals surface area contributed by atoms with E-state index in [1.54, 1.807) is 14.0 Å². The van der Waals surface area contributed by atoms with Gasteiger partial charge in [-0.25, -0.2) is 9.97 Å². The highest BCUT2D eigenvalue weighted by Gasteiger charge is 2.44. The number of aliphatic hydroxyl groups is 2. The van der Waals surface area contributed by atoms with Crippen LogP contribution in [0.4, 0.5) is 0 Å². The van der Waals surface area contributed by atoms with Gasteiger partial charge < -0.3 is 14.9 Å². The molecule has 8 nitrogen and oxygen atoms in total. The summed E-state index contributed by atoms with van der Waals surface area (Å²) < 4.78 is 8.86. The van der Waals surface area contributed by atoms with Crippen molar-refractivity contribution in [3.8, 4) is 0 Å². The van der Waals surface area contributed by atoms with Crippen LogP contribution in [0.25, 0.3) is 11.2 Å². The molecule has 0 saturated carbocycles. The smallest absolute Gasteiger partial charge is 0.281 e. The first-order chi connectivity index (χ1) is 11.6. The van der Waals surface area contributed by atoms with Gasteiger partial charge in [0.2, 0.25) is 0 Å². The van der Waals surface area contributed by atoms with Crippen LogP contribution in [0.3, 0.4) is 0 Å². The molecule has 0 radical (unpaired) electrons. The normalized spacial score (nSPS) is 27.3. The molecule has 0 spiro atoms. The Morgan fingerprint density at radius 2 is 2.04 bits per heavy atom. The van der Waals surface area contributed by atoms with Gasteiger partial charge in [-0.1, -0.05) is 0 Å². The van der Waals surface area contributed by atoms with Crippen LogP contribution in [0.1, 0.15) is 18.5 Å². The first-order valence-electron chi connectivity index (χ1n) is 8.19. The van der Waals surface area contributed by atoms with Crippen molar-refractivity contribution in [2.24, 2.45) is 7.05 Å². The monoisotopic (exact) mass is 368 g/mol. The lowest BCUT2D eigenvalue weighted by Gasteiger charge is -2.18. The molecule has 0 unspecified atom stereocenters. The summed E-state index contributed by atoms with van der Waals surface area (Å²) in [4.78, 5) is 20.8. The summed E-state index contributed by atoms with van der Waals surface area (Å²) in [5.41, 5.74) is 0.309. The SMILES string of the molecule is C=P(C)(C)CC[C@H]1O[C@@H](n2cnc3c(=O)n(C)c(C)nc32)[C@H](O)[C@@H]1O. The number of ether oxygens (including phenoxy) is 1. The maximum Gasteiger partial charge on any atom is 0.281 e. The standard InChI is InChI=1S/C16H25N4O4P/c1-9-18-14-11(15(23)19(9)2)17-8-20(14)16-13(22)12(21)10(24-16)6-7-25(3,4)5/h8,10,12-13,16,21-22H,3,6-7H2,1-2,4-5H3/t10-,12-,13-,16-/m1/s1. The van der Waals surface area contributed by atoms with Crippen LogP contribution in [0.5, 0.6) is 0 Å². The summed E-state index contributed by atoms with van der Waals surface area (Å²) in [6, 6.07) is 0. The third kappa shape index (κ3) is 3.31. The van der Waals surface area contributed by atoms with Gasteiger partial charge in [-0.3, -0.25) is 13.9 Å². The minimum absolute atomic E-state index is 0.214. The lowest BCUT2D eigenvalue weighted by Crippen LogP contribution is -2.32. The summed E-state index contributed by atoms with van der Waals surface area (Å²) >= 11 is 0. The van der Waals surface area contributed by atoms with E-state index in [9.17, 15) is 15.0 Å². The fraction of sp³-hybridized carbons (Fsp3) is 0.625. The van der Waals surface area contributed by atoms with Crippen molar-refractivity contribution in [2.45, 2.75) is 37.9 Å². The predicted octanol–water partition coefficient (Wildman–Crippen LogP) is 0.157. The van der Waals surface area contributed by atoms with Crippen LogP contribution in [-0.2, 0) is 11.8 Å². The molecule has 0 aliphatic carbocycles. The van der Waals surface area contributed by atoms with E-state index in [1.807, 2.05) is 0 Å². The highest BCUT2D eigenvalue weighted by molar-refractivity contribution is 7.72. The van der Waals surface area contributed by atoms with Gasteiger partial charge in [-0.15, -0.1) is 13.2 Å². The molecule has 1 saturated heterocycles. The zero-order valence-electron chi connectivity index (χ0n) is 15.0. The minimum atomic E-state index is -1.25. The highest BCUT2D eigenvalue weighted by atomic mass is 31.2. The molecule has 0 aromatic carbocycles. The Morgan fingerprint density at radius 3 is 2.68 bits per heavy atom. The lowest BCUT2D eigenvalue weighted by molar-refractivity contribution is -0.0353. The van der Waals surface area contributed by atoms with Gasteiger partial charge >= 0.3 is 0 Å². The Bertz CT molecular complexity index is 899. The van der Waals surface area contributed by atoms with Crippen LogP contribution in [0, 0.1) is 6.92 Å². The Kier molecular flexibility index (Phi) is 4.66. The number of nitrogens with zero attached hydrogens (tertiary/aromatic N) is 4. The molecule has 3 rings (SSSR count). The van der Waals surface area contributed by atoms with Crippen LogP contribution in [0.15, 0.2) is 11.1 Å². The molecule has 3 heterocycles. The fourth-order valence-electron chi connectivity index (χ4n) is 3.01. The van der Waals surface area contributed by atoms with E-state index in [4.69, 9.17) is 4.74 Å². The molecule has 4 atom stereocenters. The van der Waals surface area contributed by atoms with E-state index in [0.29, 0.717) is 17.9 Å². The number of rotatable bonds is 4. The molecule has 2 aromatic heterocycles. The van der Waals surface area contributed by atoms with Gasteiger partial charge in [0.25, 0.3) is 5.56 Å². The highest BCUT2D eigenvalue weighted by Crippen LogP contribution is 2.39. The number of fused-ring (bicyclic) bond motifs is 1.